The van der Waals surface area contributed by atoms with Crippen molar-refractivity contribution in [3.63, 3.8) is 0 Å². The number of carbonyl (C=O) groups excluding carboxylic acids is 1. The van der Waals surface area contributed by atoms with Crippen LogP contribution in [0.15, 0.2) is 35.1 Å². The number of hydrogen-bond acceptors (Lipinski definition) is 9. The lowest BCUT2D eigenvalue weighted by molar-refractivity contribution is -0.148. The topological polar surface area (TPSA) is 108 Å². The Labute approximate surface area is 191 Å². The Morgan fingerprint density at radius 1 is 1.25 bits per heavy atom. The highest BCUT2D eigenvalue weighted by atomic mass is 79.9. The minimum absolute atomic E-state index is 0.00811. The number of tetrazole rings is 1. The normalized spacial score (nSPS) is 14.4. The number of piperidine rings is 1. The number of halogens is 2. The van der Waals surface area contributed by atoms with Crippen LogP contribution >= 0.6 is 15.9 Å². The SMILES string of the molecule is CCCC(=O)On1nnc(-c2cnc(N3CCC(Oc4cc(F)ccc4Br)CC3)cn2)n1. The molecule has 0 aliphatic carbocycles. The van der Waals surface area contributed by atoms with Crippen LogP contribution < -0.4 is 14.5 Å². The standard InChI is InChI=1S/C20H21BrFN7O3/c1-2-3-19(30)32-29-26-20(25-27-29)16-11-24-18(12-23-16)28-8-6-14(7-9-28)31-17-10-13(22)4-5-15(17)21/h4-5,10-12,14H,2-3,6-9H2,1H3. The molecule has 1 fully saturated rings. The molecule has 3 heterocycles. The highest BCUT2D eigenvalue weighted by Crippen LogP contribution is 2.29. The van der Waals surface area contributed by atoms with E-state index in [1.807, 2.05) is 6.92 Å². The molecule has 0 amide bonds. The predicted octanol–water partition coefficient (Wildman–Crippen LogP) is 2.83. The van der Waals surface area contributed by atoms with Crippen molar-refractivity contribution in [2.45, 2.75) is 38.7 Å². The lowest BCUT2D eigenvalue weighted by atomic mass is 10.1. The summed E-state index contributed by atoms with van der Waals surface area (Å²) in [6.07, 6.45) is 5.66. The second-order valence-corrected chi connectivity index (χ2v) is 8.07. The van der Waals surface area contributed by atoms with Crippen LogP contribution in [0.5, 0.6) is 5.75 Å². The van der Waals surface area contributed by atoms with Gasteiger partial charge in [-0.3, -0.25) is 0 Å². The van der Waals surface area contributed by atoms with Gasteiger partial charge in [0.1, 0.15) is 29.2 Å². The average molecular weight is 506 g/mol. The summed E-state index contributed by atoms with van der Waals surface area (Å²) in [5.41, 5.74) is 0.417. The molecule has 1 saturated heterocycles. The third-order valence-electron chi connectivity index (χ3n) is 4.85. The van der Waals surface area contributed by atoms with Crippen LogP contribution in [-0.4, -0.2) is 55.5 Å². The molecule has 0 N–H and O–H groups in total. The number of aromatic nitrogens is 6. The molecule has 2 aromatic heterocycles. The molecule has 1 aromatic carbocycles. The number of rotatable bonds is 7. The first-order chi connectivity index (χ1) is 15.5. The van der Waals surface area contributed by atoms with Crippen molar-refractivity contribution in [2.75, 3.05) is 18.0 Å². The van der Waals surface area contributed by atoms with E-state index in [0.717, 1.165) is 41.2 Å². The van der Waals surface area contributed by atoms with Gasteiger partial charge in [0, 0.05) is 43.4 Å². The molecule has 10 nitrogen and oxygen atoms in total. The fraction of sp³-hybridized carbons (Fsp3) is 0.400. The Kier molecular flexibility index (Phi) is 6.88. The molecular formula is C20H21BrFN7O3. The van der Waals surface area contributed by atoms with E-state index >= 15 is 0 Å². The van der Waals surface area contributed by atoms with Crippen molar-refractivity contribution in [1.82, 2.24) is 30.3 Å². The van der Waals surface area contributed by atoms with E-state index in [1.54, 1.807) is 18.5 Å². The summed E-state index contributed by atoms with van der Waals surface area (Å²) < 4.78 is 20.2. The molecule has 4 rings (SSSR count). The van der Waals surface area contributed by atoms with Gasteiger partial charge in [0.25, 0.3) is 0 Å². The zero-order valence-corrected chi connectivity index (χ0v) is 18.9. The summed E-state index contributed by atoms with van der Waals surface area (Å²) in [5, 5.41) is 11.5. The highest BCUT2D eigenvalue weighted by Gasteiger charge is 2.23. The first-order valence-corrected chi connectivity index (χ1v) is 11.0. The number of nitrogens with zero attached hydrogens (tertiary/aromatic N) is 7. The molecule has 168 valence electrons. The third kappa shape index (κ3) is 5.36. The van der Waals surface area contributed by atoms with Crippen LogP contribution in [0.4, 0.5) is 10.2 Å². The van der Waals surface area contributed by atoms with Crippen LogP contribution in [0.3, 0.4) is 0 Å². The van der Waals surface area contributed by atoms with Crippen molar-refractivity contribution in [3.8, 4) is 17.3 Å². The molecule has 0 atom stereocenters. The maximum Gasteiger partial charge on any atom is 0.336 e. The molecule has 1 aliphatic rings. The zero-order chi connectivity index (χ0) is 22.5. The van der Waals surface area contributed by atoms with Crippen molar-refractivity contribution in [1.29, 1.82) is 0 Å². The van der Waals surface area contributed by atoms with E-state index in [1.165, 1.54) is 12.1 Å². The van der Waals surface area contributed by atoms with Gasteiger partial charge >= 0.3 is 5.97 Å². The molecule has 0 spiro atoms. The third-order valence-corrected chi connectivity index (χ3v) is 5.51. The van der Waals surface area contributed by atoms with Gasteiger partial charge in [0.2, 0.25) is 5.82 Å². The fourth-order valence-corrected chi connectivity index (χ4v) is 3.57. The summed E-state index contributed by atoms with van der Waals surface area (Å²) in [7, 11) is 0. The number of carbonyl (C=O) groups is 1. The largest absolute Gasteiger partial charge is 0.489 e. The summed E-state index contributed by atoms with van der Waals surface area (Å²) in [4.78, 5) is 28.2. The maximum atomic E-state index is 13.5. The van der Waals surface area contributed by atoms with Gasteiger partial charge in [0.05, 0.1) is 16.9 Å². The van der Waals surface area contributed by atoms with E-state index in [4.69, 9.17) is 9.57 Å². The molecule has 1 aliphatic heterocycles. The number of anilines is 1. The lowest BCUT2D eigenvalue weighted by Gasteiger charge is -2.32. The van der Waals surface area contributed by atoms with Crippen molar-refractivity contribution >= 4 is 27.7 Å². The Morgan fingerprint density at radius 2 is 2.06 bits per heavy atom. The van der Waals surface area contributed by atoms with E-state index in [-0.39, 0.29) is 24.2 Å². The van der Waals surface area contributed by atoms with Crippen LogP contribution in [0, 0.1) is 5.82 Å². The molecule has 3 aromatic rings. The van der Waals surface area contributed by atoms with Gasteiger partial charge < -0.3 is 14.5 Å². The average Bonchev–Trinajstić information content (AvgIpc) is 3.25. The van der Waals surface area contributed by atoms with Gasteiger partial charge in [-0.25, -0.2) is 19.2 Å². The maximum absolute atomic E-state index is 13.5. The molecule has 0 bridgehead atoms. The van der Waals surface area contributed by atoms with Crippen molar-refractivity contribution in [3.05, 3.63) is 40.9 Å². The van der Waals surface area contributed by atoms with Crippen LogP contribution in [-0.2, 0) is 4.79 Å². The van der Waals surface area contributed by atoms with Crippen molar-refractivity contribution < 1.29 is 18.8 Å². The van der Waals surface area contributed by atoms with Gasteiger partial charge in [-0.2, -0.15) is 0 Å². The minimum Gasteiger partial charge on any atom is -0.489 e. The molecule has 32 heavy (non-hydrogen) atoms. The second-order valence-electron chi connectivity index (χ2n) is 7.22. The predicted molar refractivity (Wildman–Crippen MR) is 115 cm³/mol. The molecule has 0 radical (unpaired) electrons. The Morgan fingerprint density at radius 3 is 2.78 bits per heavy atom. The molecule has 0 saturated carbocycles. The monoisotopic (exact) mass is 505 g/mol. The fourth-order valence-electron chi connectivity index (χ4n) is 3.23. The smallest absolute Gasteiger partial charge is 0.336 e. The van der Waals surface area contributed by atoms with Crippen LogP contribution in [0.1, 0.15) is 32.6 Å². The molecule has 12 heteroatoms. The van der Waals surface area contributed by atoms with Crippen LogP contribution in [0.25, 0.3) is 11.5 Å². The Balaban J connectivity index is 1.33. The van der Waals surface area contributed by atoms with E-state index < -0.39 is 5.97 Å². The number of ether oxygens (including phenoxy) is 1. The second kappa shape index (κ2) is 9.98. The molecule has 0 unspecified atom stereocenters. The van der Waals surface area contributed by atoms with Gasteiger partial charge in [-0.1, -0.05) is 12.0 Å². The summed E-state index contributed by atoms with van der Waals surface area (Å²) in [6, 6.07) is 4.41. The first kappa shape index (κ1) is 22.1. The van der Waals surface area contributed by atoms with E-state index in [2.05, 4.69) is 46.2 Å². The summed E-state index contributed by atoms with van der Waals surface area (Å²) in [6.45, 7) is 3.33. The molecular weight excluding hydrogens is 485 g/mol. The summed E-state index contributed by atoms with van der Waals surface area (Å²) >= 11 is 3.39. The lowest BCUT2D eigenvalue weighted by Crippen LogP contribution is -2.38. The Hall–Kier alpha value is -3.15. The highest BCUT2D eigenvalue weighted by molar-refractivity contribution is 9.10. The Bertz CT molecular complexity index is 1070. The first-order valence-electron chi connectivity index (χ1n) is 10.2. The summed E-state index contributed by atoms with van der Waals surface area (Å²) in [5.74, 6) is 0.676. The van der Waals surface area contributed by atoms with Gasteiger partial charge in [0.15, 0.2) is 0 Å². The van der Waals surface area contributed by atoms with Gasteiger partial charge in [-0.05, 0) is 39.7 Å². The van der Waals surface area contributed by atoms with Crippen LogP contribution in [0.2, 0.25) is 0 Å². The van der Waals surface area contributed by atoms with Gasteiger partial charge in [-0.15, -0.1) is 5.10 Å². The zero-order valence-electron chi connectivity index (χ0n) is 17.3. The van der Waals surface area contributed by atoms with Crippen molar-refractivity contribution in [2.24, 2.45) is 0 Å². The van der Waals surface area contributed by atoms with E-state index in [0.29, 0.717) is 17.9 Å². The minimum atomic E-state index is -0.435. The quantitative estimate of drug-likeness (QED) is 0.447. The number of benzene rings is 1. The number of hydrogen-bond donors (Lipinski definition) is 0. The van der Waals surface area contributed by atoms with E-state index in [9.17, 15) is 9.18 Å².